The predicted octanol–water partition coefficient (Wildman–Crippen LogP) is 1.48. The van der Waals surface area contributed by atoms with Gasteiger partial charge < -0.3 is 9.52 Å². The summed E-state index contributed by atoms with van der Waals surface area (Å²) < 4.78 is 5.22. The Morgan fingerprint density at radius 2 is 2.31 bits per heavy atom. The average molecular weight is 183 g/mol. The van der Waals surface area contributed by atoms with Gasteiger partial charge in [0.1, 0.15) is 5.76 Å². The Labute approximate surface area is 79.0 Å². The Bertz CT molecular complexity index is 209. The maximum Gasteiger partial charge on any atom is 0.117 e. The summed E-state index contributed by atoms with van der Waals surface area (Å²) in [6.07, 6.45) is 3.60. The van der Waals surface area contributed by atoms with Gasteiger partial charge in [-0.2, -0.15) is 0 Å². The van der Waals surface area contributed by atoms with Gasteiger partial charge in [-0.1, -0.05) is 0 Å². The fourth-order valence-corrected chi connectivity index (χ4v) is 1.24. The van der Waals surface area contributed by atoms with Crippen molar-refractivity contribution in [3.8, 4) is 0 Å². The lowest BCUT2D eigenvalue weighted by molar-refractivity contribution is 0.253. The number of unbranched alkanes of at least 4 members (excludes halogenated alkanes) is 1. The molecule has 0 saturated heterocycles. The smallest absolute Gasteiger partial charge is 0.117 e. The second-order valence-corrected chi connectivity index (χ2v) is 3.25. The van der Waals surface area contributed by atoms with Crippen LogP contribution in [0.1, 0.15) is 18.6 Å². The highest BCUT2D eigenvalue weighted by Crippen LogP contribution is 2.04. The fourth-order valence-electron chi connectivity index (χ4n) is 1.24. The first-order valence-corrected chi connectivity index (χ1v) is 4.64. The zero-order chi connectivity index (χ0) is 9.52. The van der Waals surface area contributed by atoms with Crippen LogP contribution in [-0.4, -0.2) is 30.2 Å². The molecule has 0 spiro atoms. The van der Waals surface area contributed by atoms with Crippen molar-refractivity contribution in [2.45, 2.75) is 19.4 Å². The van der Waals surface area contributed by atoms with E-state index in [1.807, 2.05) is 12.1 Å². The molecule has 0 aliphatic heterocycles. The minimum atomic E-state index is 0.286. The minimum Gasteiger partial charge on any atom is -0.468 e. The summed E-state index contributed by atoms with van der Waals surface area (Å²) in [5.41, 5.74) is 0. The van der Waals surface area contributed by atoms with Crippen LogP contribution in [0.2, 0.25) is 0 Å². The molecule has 0 unspecified atom stereocenters. The topological polar surface area (TPSA) is 36.6 Å². The third-order valence-corrected chi connectivity index (χ3v) is 1.95. The van der Waals surface area contributed by atoms with Gasteiger partial charge >= 0.3 is 0 Å². The molecule has 1 aromatic rings. The van der Waals surface area contributed by atoms with E-state index >= 15 is 0 Å². The van der Waals surface area contributed by atoms with Crippen LogP contribution in [0.3, 0.4) is 0 Å². The molecule has 3 heteroatoms. The number of aliphatic hydroxyl groups is 1. The van der Waals surface area contributed by atoms with Crippen LogP contribution in [0.4, 0.5) is 0 Å². The maximum absolute atomic E-state index is 8.60. The Morgan fingerprint density at radius 3 is 2.92 bits per heavy atom. The zero-order valence-electron chi connectivity index (χ0n) is 8.07. The molecule has 0 aliphatic rings. The molecule has 0 fully saturated rings. The van der Waals surface area contributed by atoms with E-state index in [0.29, 0.717) is 0 Å². The van der Waals surface area contributed by atoms with Crippen molar-refractivity contribution in [2.75, 3.05) is 20.2 Å². The number of nitrogens with zero attached hydrogens (tertiary/aromatic N) is 1. The molecular weight excluding hydrogens is 166 g/mol. The molecule has 0 atom stereocenters. The van der Waals surface area contributed by atoms with E-state index in [9.17, 15) is 0 Å². The molecule has 0 amide bonds. The van der Waals surface area contributed by atoms with Gasteiger partial charge in [0.15, 0.2) is 0 Å². The highest BCUT2D eigenvalue weighted by Gasteiger charge is 2.01. The first-order chi connectivity index (χ1) is 6.33. The van der Waals surface area contributed by atoms with Gasteiger partial charge in [0, 0.05) is 6.61 Å². The molecule has 0 radical (unpaired) electrons. The SMILES string of the molecule is CN(CCCCO)Cc1ccco1. The molecular formula is C10H17NO2. The number of hydrogen-bond acceptors (Lipinski definition) is 3. The lowest BCUT2D eigenvalue weighted by Crippen LogP contribution is -2.18. The predicted molar refractivity (Wildman–Crippen MR) is 51.4 cm³/mol. The molecule has 74 valence electrons. The number of furan rings is 1. The lowest BCUT2D eigenvalue weighted by Gasteiger charge is -2.13. The van der Waals surface area contributed by atoms with E-state index in [2.05, 4.69) is 11.9 Å². The van der Waals surface area contributed by atoms with Crippen LogP contribution in [0.15, 0.2) is 22.8 Å². The number of aliphatic hydroxyl groups excluding tert-OH is 1. The second kappa shape index (κ2) is 5.78. The third kappa shape index (κ3) is 4.10. The Hall–Kier alpha value is -0.800. The van der Waals surface area contributed by atoms with Crippen LogP contribution in [0, 0.1) is 0 Å². The summed E-state index contributed by atoms with van der Waals surface area (Å²) in [6, 6.07) is 3.87. The zero-order valence-corrected chi connectivity index (χ0v) is 8.07. The third-order valence-electron chi connectivity index (χ3n) is 1.95. The Kier molecular flexibility index (Phi) is 4.57. The second-order valence-electron chi connectivity index (χ2n) is 3.25. The molecule has 1 heterocycles. The van der Waals surface area contributed by atoms with Crippen LogP contribution < -0.4 is 0 Å². The first-order valence-electron chi connectivity index (χ1n) is 4.64. The normalized spacial score (nSPS) is 11.0. The molecule has 0 bridgehead atoms. The van der Waals surface area contributed by atoms with E-state index in [1.54, 1.807) is 6.26 Å². The van der Waals surface area contributed by atoms with Crippen molar-refractivity contribution in [2.24, 2.45) is 0 Å². The lowest BCUT2D eigenvalue weighted by atomic mass is 10.3. The van der Waals surface area contributed by atoms with Gasteiger partial charge in [0.25, 0.3) is 0 Å². The van der Waals surface area contributed by atoms with Gasteiger partial charge in [-0.15, -0.1) is 0 Å². The van der Waals surface area contributed by atoms with E-state index in [4.69, 9.17) is 9.52 Å². The molecule has 1 rings (SSSR count). The minimum absolute atomic E-state index is 0.286. The Morgan fingerprint density at radius 1 is 1.46 bits per heavy atom. The molecule has 1 aromatic heterocycles. The summed E-state index contributed by atoms with van der Waals surface area (Å²) in [5, 5.41) is 8.60. The Balaban J connectivity index is 2.14. The van der Waals surface area contributed by atoms with E-state index < -0.39 is 0 Å². The highest BCUT2D eigenvalue weighted by molar-refractivity contribution is 4.97. The fraction of sp³-hybridized carbons (Fsp3) is 0.600. The summed E-state index contributed by atoms with van der Waals surface area (Å²) in [4.78, 5) is 2.19. The van der Waals surface area contributed by atoms with Crippen molar-refractivity contribution in [1.29, 1.82) is 0 Å². The molecule has 1 N–H and O–H groups in total. The molecule has 13 heavy (non-hydrogen) atoms. The average Bonchev–Trinajstić information content (AvgIpc) is 2.57. The van der Waals surface area contributed by atoms with Crippen molar-refractivity contribution < 1.29 is 9.52 Å². The summed E-state index contributed by atoms with van der Waals surface area (Å²) >= 11 is 0. The standard InChI is InChI=1S/C10H17NO2/c1-11(6-2-3-7-12)9-10-5-4-8-13-10/h4-5,8,12H,2-3,6-7,9H2,1H3. The van der Waals surface area contributed by atoms with Crippen molar-refractivity contribution in [3.63, 3.8) is 0 Å². The van der Waals surface area contributed by atoms with E-state index in [0.717, 1.165) is 31.7 Å². The number of rotatable bonds is 6. The van der Waals surface area contributed by atoms with Crippen molar-refractivity contribution in [1.82, 2.24) is 4.90 Å². The van der Waals surface area contributed by atoms with Crippen molar-refractivity contribution in [3.05, 3.63) is 24.2 Å². The molecule has 3 nitrogen and oxygen atoms in total. The van der Waals surface area contributed by atoms with Crippen molar-refractivity contribution >= 4 is 0 Å². The van der Waals surface area contributed by atoms with Gasteiger partial charge in [0.2, 0.25) is 0 Å². The summed E-state index contributed by atoms with van der Waals surface area (Å²) in [7, 11) is 2.06. The van der Waals surface area contributed by atoms with E-state index in [1.165, 1.54) is 0 Å². The van der Waals surface area contributed by atoms with Crippen LogP contribution in [0.25, 0.3) is 0 Å². The molecule has 0 aliphatic carbocycles. The summed E-state index contributed by atoms with van der Waals surface area (Å²) in [6.45, 7) is 2.13. The molecule has 0 saturated carbocycles. The number of hydrogen-bond donors (Lipinski definition) is 1. The van der Waals surface area contributed by atoms with E-state index in [-0.39, 0.29) is 6.61 Å². The van der Waals surface area contributed by atoms with Gasteiger partial charge in [0.05, 0.1) is 12.8 Å². The van der Waals surface area contributed by atoms with Gasteiger partial charge in [-0.05, 0) is 38.6 Å². The van der Waals surface area contributed by atoms with Gasteiger partial charge in [-0.3, -0.25) is 4.90 Å². The van der Waals surface area contributed by atoms with Gasteiger partial charge in [-0.25, -0.2) is 0 Å². The van der Waals surface area contributed by atoms with Crippen LogP contribution >= 0.6 is 0 Å². The summed E-state index contributed by atoms with van der Waals surface area (Å²) in [5.74, 6) is 0.992. The van der Waals surface area contributed by atoms with Crippen LogP contribution in [0.5, 0.6) is 0 Å². The first kappa shape index (κ1) is 10.3. The maximum atomic E-state index is 8.60. The largest absolute Gasteiger partial charge is 0.468 e. The quantitative estimate of drug-likeness (QED) is 0.679. The monoisotopic (exact) mass is 183 g/mol. The highest BCUT2D eigenvalue weighted by atomic mass is 16.3. The molecule has 0 aromatic carbocycles. The van der Waals surface area contributed by atoms with Crippen LogP contribution in [-0.2, 0) is 6.54 Å².